The fraction of sp³-hybridized carbons (Fsp3) is 0.481. The molecule has 0 spiro atoms. The number of aryl methyl sites for hydroxylation is 1. The summed E-state index contributed by atoms with van der Waals surface area (Å²) in [6.45, 7) is 8.05. The number of nitrogens with one attached hydrogen (secondary N) is 1. The van der Waals surface area contributed by atoms with Gasteiger partial charge in [0.05, 0.1) is 62.1 Å². The number of rotatable bonds is 14. The summed E-state index contributed by atoms with van der Waals surface area (Å²) >= 11 is 0. The molecule has 0 aliphatic carbocycles. The Kier molecular flexibility index (Phi) is 11.2. The molecule has 0 saturated carbocycles. The van der Waals surface area contributed by atoms with Gasteiger partial charge in [0.1, 0.15) is 11.4 Å². The molecule has 0 unspecified atom stereocenters. The lowest BCUT2D eigenvalue weighted by molar-refractivity contribution is 0.0163. The van der Waals surface area contributed by atoms with Crippen molar-refractivity contribution in [1.29, 1.82) is 0 Å². The Morgan fingerprint density at radius 3 is 2.27 bits per heavy atom. The third kappa shape index (κ3) is 9.21. The molecule has 3 rings (SSSR count). The number of aromatic nitrogens is 4. The van der Waals surface area contributed by atoms with Crippen LogP contribution in [0, 0.1) is 6.92 Å². The molecule has 0 bridgehead atoms. The summed E-state index contributed by atoms with van der Waals surface area (Å²) in [6, 6.07) is 7.71. The van der Waals surface area contributed by atoms with Gasteiger partial charge < -0.3 is 28.8 Å². The Labute approximate surface area is 240 Å². The van der Waals surface area contributed by atoms with E-state index in [0.717, 1.165) is 11.5 Å². The predicted molar refractivity (Wildman–Crippen MR) is 152 cm³/mol. The molecule has 1 aromatic carbocycles. The van der Waals surface area contributed by atoms with Crippen molar-refractivity contribution < 1.29 is 32.2 Å². The predicted octanol–water partition coefficient (Wildman–Crippen LogP) is 3.53. The van der Waals surface area contributed by atoms with Gasteiger partial charge in [0.15, 0.2) is 0 Å². The van der Waals surface area contributed by atoms with E-state index in [9.17, 15) is 13.2 Å². The summed E-state index contributed by atoms with van der Waals surface area (Å²) < 4.78 is 50.6. The van der Waals surface area contributed by atoms with Crippen LogP contribution < -0.4 is 5.32 Å². The van der Waals surface area contributed by atoms with E-state index in [0.29, 0.717) is 41.5 Å². The van der Waals surface area contributed by atoms with E-state index in [1.165, 1.54) is 12.1 Å². The van der Waals surface area contributed by atoms with Gasteiger partial charge in [-0.2, -0.15) is 4.31 Å². The first-order valence-electron chi connectivity index (χ1n) is 13.0. The fourth-order valence-corrected chi connectivity index (χ4v) is 4.79. The highest BCUT2D eigenvalue weighted by atomic mass is 32.2. The highest BCUT2D eigenvalue weighted by molar-refractivity contribution is 7.89. The molecule has 0 aliphatic rings. The standard InChI is InChI=1S/C27H38N6O7S/c1-20-29-19-24(32(20)5)23-11-12-28-25(31-23)30-21-7-9-22(10-8-21)41(35,36)33(26(34)40-27(2,3)4)13-14-38-17-18-39-16-15-37-6/h7-12,19H,13-18H2,1-6H3,(H,28,30,31). The van der Waals surface area contributed by atoms with E-state index in [-0.39, 0.29) is 24.7 Å². The molecule has 0 fully saturated rings. The molecule has 2 aromatic heterocycles. The Morgan fingerprint density at radius 2 is 1.66 bits per heavy atom. The lowest BCUT2D eigenvalue weighted by Crippen LogP contribution is -2.42. The van der Waals surface area contributed by atoms with Gasteiger partial charge in [-0.25, -0.2) is 28.2 Å². The number of ether oxygens (including phenoxy) is 4. The van der Waals surface area contributed by atoms with E-state index in [1.54, 1.807) is 58.5 Å². The lowest BCUT2D eigenvalue weighted by atomic mass is 10.2. The van der Waals surface area contributed by atoms with E-state index >= 15 is 0 Å². The van der Waals surface area contributed by atoms with E-state index < -0.39 is 21.7 Å². The molecule has 1 N–H and O–H groups in total. The minimum absolute atomic E-state index is 0.0321. The first kappa shape index (κ1) is 31.9. The molecule has 0 atom stereocenters. The first-order chi connectivity index (χ1) is 19.4. The molecule has 224 valence electrons. The van der Waals surface area contributed by atoms with Gasteiger partial charge in [-0.05, 0) is 58.0 Å². The Bertz CT molecular complexity index is 1390. The summed E-state index contributed by atoms with van der Waals surface area (Å²) in [5.41, 5.74) is 1.18. The summed E-state index contributed by atoms with van der Waals surface area (Å²) in [7, 11) is -0.773. The topological polar surface area (TPSA) is 147 Å². The Balaban J connectivity index is 1.71. The number of carbonyl (C=O) groups excluding carboxylic acids is 1. The number of nitrogens with zero attached hydrogens (tertiary/aromatic N) is 5. The van der Waals surface area contributed by atoms with Crippen molar-refractivity contribution in [1.82, 2.24) is 23.8 Å². The van der Waals surface area contributed by atoms with Crippen molar-refractivity contribution >= 4 is 27.8 Å². The number of hydrogen-bond donors (Lipinski definition) is 1. The summed E-state index contributed by atoms with van der Waals surface area (Å²) in [5.74, 6) is 1.18. The molecule has 0 saturated heterocycles. The van der Waals surface area contributed by atoms with Crippen molar-refractivity contribution in [3.63, 3.8) is 0 Å². The van der Waals surface area contributed by atoms with Gasteiger partial charge in [-0.1, -0.05) is 0 Å². The normalized spacial score (nSPS) is 11.9. The molecular weight excluding hydrogens is 552 g/mol. The van der Waals surface area contributed by atoms with Gasteiger partial charge in [0.2, 0.25) is 5.95 Å². The van der Waals surface area contributed by atoms with Gasteiger partial charge in [0.25, 0.3) is 10.0 Å². The second kappa shape index (κ2) is 14.3. The molecule has 0 aliphatic heterocycles. The number of amides is 1. The quantitative estimate of drug-likeness (QED) is 0.275. The smallest absolute Gasteiger partial charge is 0.424 e. The molecule has 13 nitrogen and oxygen atoms in total. The van der Waals surface area contributed by atoms with Crippen molar-refractivity contribution in [2.75, 3.05) is 52.0 Å². The average molecular weight is 591 g/mol. The molecular formula is C27H38N6O7S. The van der Waals surface area contributed by atoms with Crippen LogP contribution in [-0.2, 0) is 36.0 Å². The van der Waals surface area contributed by atoms with Crippen LogP contribution in [0.1, 0.15) is 26.6 Å². The molecule has 1 amide bonds. The second-order valence-corrected chi connectivity index (χ2v) is 11.8. The van der Waals surface area contributed by atoms with Crippen LogP contribution in [0.4, 0.5) is 16.4 Å². The van der Waals surface area contributed by atoms with Crippen LogP contribution in [0.3, 0.4) is 0 Å². The van der Waals surface area contributed by atoms with Crippen LogP contribution in [0.25, 0.3) is 11.4 Å². The van der Waals surface area contributed by atoms with E-state index in [1.807, 2.05) is 18.5 Å². The highest BCUT2D eigenvalue weighted by Gasteiger charge is 2.33. The van der Waals surface area contributed by atoms with Crippen molar-refractivity contribution in [3.05, 3.63) is 48.5 Å². The van der Waals surface area contributed by atoms with Gasteiger partial charge in [0, 0.05) is 26.0 Å². The zero-order valence-electron chi connectivity index (χ0n) is 24.3. The van der Waals surface area contributed by atoms with Gasteiger partial charge in [-0.15, -0.1) is 0 Å². The molecule has 3 aromatic rings. The molecule has 2 heterocycles. The average Bonchev–Trinajstić information content (AvgIpc) is 3.25. The number of hydrogen-bond acceptors (Lipinski definition) is 11. The number of carbonyl (C=O) groups is 1. The third-order valence-corrected chi connectivity index (χ3v) is 7.46. The number of anilines is 2. The minimum Gasteiger partial charge on any atom is -0.443 e. The number of imidazole rings is 1. The zero-order chi connectivity index (χ0) is 30.0. The van der Waals surface area contributed by atoms with Crippen LogP contribution >= 0.6 is 0 Å². The maximum absolute atomic E-state index is 13.5. The summed E-state index contributed by atoms with van der Waals surface area (Å²) in [5, 5.41) is 3.08. The SMILES string of the molecule is COCCOCCOCCN(C(=O)OC(C)(C)C)S(=O)(=O)c1ccc(Nc2nccc(-c3cnc(C)n3C)n2)cc1. The maximum atomic E-state index is 13.5. The first-order valence-corrected chi connectivity index (χ1v) is 14.5. The van der Waals surface area contributed by atoms with Crippen LogP contribution in [0.5, 0.6) is 0 Å². The zero-order valence-corrected chi connectivity index (χ0v) is 25.1. The lowest BCUT2D eigenvalue weighted by Gasteiger charge is -2.27. The van der Waals surface area contributed by atoms with Crippen LogP contribution in [-0.4, -0.2) is 90.6 Å². The van der Waals surface area contributed by atoms with Gasteiger partial charge in [-0.3, -0.25) is 0 Å². The number of benzene rings is 1. The van der Waals surface area contributed by atoms with Gasteiger partial charge >= 0.3 is 6.09 Å². The molecule has 0 radical (unpaired) electrons. The fourth-order valence-electron chi connectivity index (χ4n) is 3.50. The van der Waals surface area contributed by atoms with Crippen LogP contribution in [0.15, 0.2) is 47.6 Å². The highest BCUT2D eigenvalue weighted by Crippen LogP contribution is 2.23. The molecule has 41 heavy (non-hydrogen) atoms. The third-order valence-electron chi connectivity index (χ3n) is 5.68. The Morgan fingerprint density at radius 1 is 1.00 bits per heavy atom. The van der Waals surface area contributed by atoms with Crippen molar-refractivity contribution in [3.8, 4) is 11.4 Å². The van der Waals surface area contributed by atoms with Crippen LogP contribution in [0.2, 0.25) is 0 Å². The van der Waals surface area contributed by atoms with Crippen molar-refractivity contribution in [2.45, 2.75) is 38.2 Å². The van der Waals surface area contributed by atoms with E-state index in [2.05, 4.69) is 20.3 Å². The molecule has 14 heteroatoms. The Hall–Kier alpha value is -3.59. The largest absolute Gasteiger partial charge is 0.443 e. The number of methoxy groups -OCH3 is 1. The summed E-state index contributed by atoms with van der Waals surface area (Å²) in [6.07, 6.45) is 2.37. The number of sulfonamides is 1. The minimum atomic E-state index is -4.25. The monoisotopic (exact) mass is 590 g/mol. The second-order valence-electron chi connectivity index (χ2n) is 9.94. The van der Waals surface area contributed by atoms with E-state index in [4.69, 9.17) is 18.9 Å². The maximum Gasteiger partial charge on any atom is 0.424 e. The summed E-state index contributed by atoms with van der Waals surface area (Å²) in [4.78, 5) is 25.9. The van der Waals surface area contributed by atoms with Crippen molar-refractivity contribution in [2.24, 2.45) is 7.05 Å².